The van der Waals surface area contributed by atoms with Crippen molar-refractivity contribution in [3.63, 3.8) is 0 Å². The van der Waals surface area contributed by atoms with E-state index in [1.54, 1.807) is 4.68 Å². The summed E-state index contributed by atoms with van der Waals surface area (Å²) in [6, 6.07) is 9.42. The number of para-hydroxylation sites is 1. The van der Waals surface area contributed by atoms with Crippen LogP contribution in [0.3, 0.4) is 0 Å². The van der Waals surface area contributed by atoms with Gasteiger partial charge in [0.1, 0.15) is 0 Å². The summed E-state index contributed by atoms with van der Waals surface area (Å²) in [5.74, 6) is 0.409. The highest BCUT2D eigenvalue weighted by atomic mass is 16.2. The van der Waals surface area contributed by atoms with Crippen molar-refractivity contribution in [3.05, 3.63) is 51.3 Å². The Labute approximate surface area is 116 Å². The fraction of sp³-hybridized carbons (Fsp3) is 0.467. The van der Waals surface area contributed by atoms with E-state index in [1.807, 2.05) is 30.3 Å². The van der Waals surface area contributed by atoms with Gasteiger partial charge >= 0.3 is 11.4 Å². The molecule has 20 heavy (non-hydrogen) atoms. The second-order valence-electron chi connectivity index (χ2n) is 5.56. The molecule has 0 bridgehead atoms. The van der Waals surface area contributed by atoms with Gasteiger partial charge in [-0.15, -0.1) is 0 Å². The van der Waals surface area contributed by atoms with E-state index in [0.29, 0.717) is 5.92 Å². The number of nitrogens with zero attached hydrogens (tertiary/aromatic N) is 2. The summed E-state index contributed by atoms with van der Waals surface area (Å²) in [4.78, 5) is 26.7. The molecule has 0 saturated heterocycles. The van der Waals surface area contributed by atoms with Crippen molar-refractivity contribution >= 4 is 0 Å². The maximum Gasteiger partial charge on any atom is 0.349 e. The molecule has 2 aromatic rings. The molecule has 1 heterocycles. The normalized spacial score (nSPS) is 22.9. The lowest BCUT2D eigenvalue weighted by Gasteiger charge is -2.30. The SMILES string of the molecule is CC1CCCCC1n1c(=O)[nH]c(=O)n1-c1ccccc1. The molecule has 1 aromatic carbocycles. The Balaban J connectivity index is 2.16. The Bertz CT molecular complexity index is 696. The van der Waals surface area contributed by atoms with Gasteiger partial charge in [0, 0.05) is 0 Å². The Morgan fingerprint density at radius 2 is 1.75 bits per heavy atom. The van der Waals surface area contributed by atoms with Crippen LogP contribution in [0.1, 0.15) is 38.6 Å². The van der Waals surface area contributed by atoms with Crippen molar-refractivity contribution in [2.75, 3.05) is 0 Å². The van der Waals surface area contributed by atoms with E-state index in [0.717, 1.165) is 24.9 Å². The maximum atomic E-state index is 12.2. The molecule has 1 fully saturated rings. The highest BCUT2D eigenvalue weighted by molar-refractivity contribution is 5.29. The molecule has 1 aromatic heterocycles. The van der Waals surface area contributed by atoms with E-state index in [9.17, 15) is 9.59 Å². The molecule has 1 N–H and O–H groups in total. The molecule has 2 atom stereocenters. The zero-order valence-electron chi connectivity index (χ0n) is 11.6. The number of aromatic amines is 1. The second kappa shape index (κ2) is 5.15. The molecule has 0 amide bonds. The number of hydrogen-bond donors (Lipinski definition) is 1. The van der Waals surface area contributed by atoms with Crippen LogP contribution in [0, 0.1) is 5.92 Å². The van der Waals surface area contributed by atoms with Crippen molar-refractivity contribution in [1.82, 2.24) is 14.3 Å². The molecule has 1 aliphatic rings. The fourth-order valence-electron chi connectivity index (χ4n) is 3.16. The van der Waals surface area contributed by atoms with Crippen LogP contribution in [0.2, 0.25) is 0 Å². The third-order valence-electron chi connectivity index (χ3n) is 4.21. The second-order valence-corrected chi connectivity index (χ2v) is 5.56. The third-order valence-corrected chi connectivity index (χ3v) is 4.21. The first kappa shape index (κ1) is 13.0. The van der Waals surface area contributed by atoms with Crippen LogP contribution >= 0.6 is 0 Å². The van der Waals surface area contributed by atoms with Crippen LogP contribution in [0.25, 0.3) is 5.69 Å². The molecule has 5 nitrogen and oxygen atoms in total. The van der Waals surface area contributed by atoms with E-state index >= 15 is 0 Å². The first-order valence-corrected chi connectivity index (χ1v) is 7.18. The Kier molecular flexibility index (Phi) is 3.34. The number of nitrogens with one attached hydrogen (secondary N) is 1. The molecular weight excluding hydrogens is 254 g/mol. The predicted octanol–water partition coefficient (Wildman–Crippen LogP) is 2.08. The van der Waals surface area contributed by atoms with Crippen molar-refractivity contribution in [2.24, 2.45) is 5.92 Å². The minimum atomic E-state index is -0.362. The minimum absolute atomic E-state index is 0.0930. The van der Waals surface area contributed by atoms with Crippen molar-refractivity contribution < 1.29 is 0 Å². The van der Waals surface area contributed by atoms with Gasteiger partial charge in [0.05, 0.1) is 11.7 Å². The van der Waals surface area contributed by atoms with Gasteiger partial charge < -0.3 is 0 Å². The molecule has 1 saturated carbocycles. The van der Waals surface area contributed by atoms with Crippen LogP contribution in [0.15, 0.2) is 39.9 Å². The van der Waals surface area contributed by atoms with Crippen LogP contribution in [-0.2, 0) is 0 Å². The highest BCUT2D eigenvalue weighted by Gasteiger charge is 2.27. The van der Waals surface area contributed by atoms with E-state index in [1.165, 1.54) is 11.1 Å². The van der Waals surface area contributed by atoms with E-state index in [2.05, 4.69) is 11.9 Å². The van der Waals surface area contributed by atoms with E-state index in [-0.39, 0.29) is 17.4 Å². The van der Waals surface area contributed by atoms with E-state index in [4.69, 9.17) is 0 Å². The van der Waals surface area contributed by atoms with Crippen LogP contribution in [-0.4, -0.2) is 14.3 Å². The molecule has 5 heteroatoms. The summed E-state index contributed by atoms with van der Waals surface area (Å²) in [6.07, 6.45) is 4.36. The predicted molar refractivity (Wildman–Crippen MR) is 77.3 cm³/mol. The van der Waals surface area contributed by atoms with Crippen LogP contribution < -0.4 is 11.4 Å². The first-order valence-electron chi connectivity index (χ1n) is 7.18. The highest BCUT2D eigenvalue weighted by Crippen LogP contribution is 2.32. The van der Waals surface area contributed by atoms with Crippen LogP contribution in [0.4, 0.5) is 0 Å². The molecule has 0 aliphatic heterocycles. The van der Waals surface area contributed by atoms with E-state index < -0.39 is 0 Å². The summed E-state index contributed by atoms with van der Waals surface area (Å²) in [5, 5.41) is 0. The molecule has 2 unspecified atom stereocenters. The average Bonchev–Trinajstić information content (AvgIpc) is 2.75. The van der Waals surface area contributed by atoms with Crippen molar-refractivity contribution in [3.8, 4) is 5.69 Å². The average molecular weight is 273 g/mol. The molecular formula is C15H19N3O2. The van der Waals surface area contributed by atoms with Gasteiger partial charge in [-0.1, -0.05) is 38.0 Å². The molecule has 0 radical (unpaired) electrons. The van der Waals surface area contributed by atoms with Gasteiger partial charge in [0.25, 0.3) is 0 Å². The summed E-state index contributed by atoms with van der Waals surface area (Å²) in [6.45, 7) is 2.16. The van der Waals surface area contributed by atoms with Gasteiger partial charge in [0.2, 0.25) is 0 Å². The number of rotatable bonds is 2. The number of aromatic nitrogens is 3. The zero-order valence-corrected chi connectivity index (χ0v) is 11.6. The third kappa shape index (κ3) is 2.13. The quantitative estimate of drug-likeness (QED) is 0.910. The van der Waals surface area contributed by atoms with Gasteiger partial charge in [-0.25, -0.2) is 14.3 Å². The summed E-state index contributed by atoms with van der Waals surface area (Å²) >= 11 is 0. The Morgan fingerprint density at radius 1 is 1.05 bits per heavy atom. The molecule has 3 rings (SSSR count). The van der Waals surface area contributed by atoms with Gasteiger partial charge in [-0.3, -0.25) is 4.98 Å². The lowest BCUT2D eigenvalue weighted by atomic mass is 9.86. The lowest BCUT2D eigenvalue weighted by Crippen LogP contribution is -2.34. The zero-order chi connectivity index (χ0) is 14.1. The summed E-state index contributed by atoms with van der Waals surface area (Å²) < 4.78 is 3.09. The largest absolute Gasteiger partial charge is 0.349 e. The summed E-state index contributed by atoms with van der Waals surface area (Å²) in [5.41, 5.74) is 0.0604. The Hall–Kier alpha value is -2.04. The Morgan fingerprint density at radius 3 is 2.45 bits per heavy atom. The fourth-order valence-corrected chi connectivity index (χ4v) is 3.16. The maximum absolute atomic E-state index is 12.2. The lowest BCUT2D eigenvalue weighted by molar-refractivity contribution is 0.223. The first-order chi connectivity index (χ1) is 9.68. The standard InChI is InChI=1S/C15H19N3O2/c1-11-7-5-6-10-13(11)18-15(20)16-14(19)17(18)12-8-3-2-4-9-12/h2-4,8-9,11,13H,5-7,10H2,1H3,(H,16,19,20). The van der Waals surface area contributed by atoms with Gasteiger partial charge in [0.15, 0.2) is 0 Å². The van der Waals surface area contributed by atoms with Crippen molar-refractivity contribution in [1.29, 1.82) is 0 Å². The number of hydrogen-bond acceptors (Lipinski definition) is 2. The smallest absolute Gasteiger partial charge is 0.256 e. The van der Waals surface area contributed by atoms with Crippen LogP contribution in [0.5, 0.6) is 0 Å². The molecule has 0 spiro atoms. The number of benzene rings is 1. The van der Waals surface area contributed by atoms with Gasteiger partial charge in [-0.2, -0.15) is 4.68 Å². The number of H-pyrrole nitrogens is 1. The minimum Gasteiger partial charge on any atom is -0.256 e. The molecule has 106 valence electrons. The topological polar surface area (TPSA) is 59.8 Å². The monoisotopic (exact) mass is 273 g/mol. The summed E-state index contributed by atoms with van der Waals surface area (Å²) in [7, 11) is 0. The molecule has 1 aliphatic carbocycles. The van der Waals surface area contributed by atoms with Gasteiger partial charge in [-0.05, 0) is 30.9 Å². The van der Waals surface area contributed by atoms with Crippen molar-refractivity contribution in [2.45, 2.75) is 38.6 Å².